The Balaban J connectivity index is 2.03. The fraction of sp³-hybridized carbons (Fsp3) is 0.385. The lowest BCUT2D eigenvalue weighted by Crippen LogP contribution is -2.41. The minimum Gasteiger partial charge on any atom is -0.493 e. The number of nitrogens with two attached hydrogens (primary N) is 1. The van der Waals surface area contributed by atoms with Crippen molar-refractivity contribution in [3.8, 4) is 11.5 Å². The van der Waals surface area contributed by atoms with Gasteiger partial charge in [-0.3, -0.25) is 14.4 Å². The summed E-state index contributed by atoms with van der Waals surface area (Å²) in [5.74, 6) is -1.73. The highest BCUT2D eigenvalue weighted by atomic mass is 16.7. The highest BCUT2D eigenvalue weighted by Crippen LogP contribution is 2.42. The van der Waals surface area contributed by atoms with Crippen LogP contribution in [0.2, 0.25) is 0 Å². The number of primary amides is 1. The molecule has 0 saturated heterocycles. The molecule has 0 bridgehead atoms. The molecule has 191 valence electrons. The predicted octanol–water partition coefficient (Wildman–Crippen LogP) is 2.63. The zero-order valence-electron chi connectivity index (χ0n) is 20.9. The molecule has 10 nitrogen and oxygen atoms in total. The predicted molar refractivity (Wildman–Crippen MR) is 129 cm³/mol. The van der Waals surface area contributed by atoms with Gasteiger partial charge < -0.3 is 24.9 Å². The van der Waals surface area contributed by atoms with Crippen molar-refractivity contribution in [3.63, 3.8) is 0 Å². The van der Waals surface area contributed by atoms with E-state index < -0.39 is 41.2 Å². The molecule has 36 heavy (non-hydrogen) atoms. The molecule has 1 heterocycles. The van der Waals surface area contributed by atoms with Crippen LogP contribution in [-0.4, -0.2) is 42.3 Å². The highest BCUT2D eigenvalue weighted by molar-refractivity contribution is 6.04. The molecule has 2 aromatic rings. The average Bonchev–Trinajstić information content (AvgIpc) is 3.13. The number of hydrogen-bond acceptors (Lipinski definition) is 7. The van der Waals surface area contributed by atoms with Crippen LogP contribution >= 0.6 is 0 Å². The van der Waals surface area contributed by atoms with Gasteiger partial charge in [0.1, 0.15) is 6.04 Å². The topological polar surface area (TPSA) is 137 Å². The molecule has 0 saturated carbocycles. The Kier molecular flexibility index (Phi) is 7.87. The number of amides is 3. The van der Waals surface area contributed by atoms with Crippen LogP contribution in [0.25, 0.3) is 0 Å². The van der Waals surface area contributed by atoms with Gasteiger partial charge in [-0.25, -0.2) is 4.79 Å². The van der Waals surface area contributed by atoms with Crippen LogP contribution in [0, 0.1) is 11.5 Å². The van der Waals surface area contributed by atoms with Gasteiger partial charge in [0.15, 0.2) is 11.5 Å². The molecular formula is C26H30N3O7. The van der Waals surface area contributed by atoms with Gasteiger partial charge in [-0.05, 0) is 57.0 Å². The minimum atomic E-state index is -1.13. The lowest BCUT2D eigenvalue weighted by Gasteiger charge is -2.32. The summed E-state index contributed by atoms with van der Waals surface area (Å²) in [5, 5.41) is 0. The molecular weight excluding hydrogens is 466 g/mol. The number of methoxy groups -OCH3 is 1. The number of nitrogens with one attached hydrogen (secondary N) is 1. The van der Waals surface area contributed by atoms with Crippen molar-refractivity contribution in [1.29, 1.82) is 0 Å². The van der Waals surface area contributed by atoms with E-state index in [0.29, 0.717) is 29.2 Å². The third kappa shape index (κ3) is 5.42. The summed E-state index contributed by atoms with van der Waals surface area (Å²) in [5.41, 5.74) is 8.12. The lowest BCUT2D eigenvalue weighted by molar-refractivity contribution is -0.166. The molecule has 0 aliphatic carbocycles. The molecule has 2 aromatic carbocycles. The van der Waals surface area contributed by atoms with Crippen molar-refractivity contribution >= 4 is 23.7 Å². The third-order valence-corrected chi connectivity index (χ3v) is 5.64. The van der Waals surface area contributed by atoms with E-state index in [0.717, 1.165) is 0 Å². The van der Waals surface area contributed by atoms with Crippen molar-refractivity contribution in [2.75, 3.05) is 13.7 Å². The molecule has 0 aromatic heterocycles. The van der Waals surface area contributed by atoms with Crippen molar-refractivity contribution in [2.24, 2.45) is 11.1 Å². The standard InChI is InChI=1S/C26H30N3O7/c1-6-35-20-13-15(11-12-19(20)34-5)18(14-21(30)28-36-25(33)26(2,3)4)29-22(23(27)31)16-9-7-8-10-17(16)24(29)32/h7-9,11-13,18,22H,6,14H2,1-5H3,(H2,27,31)(H,28,30). The Morgan fingerprint density at radius 2 is 1.92 bits per heavy atom. The maximum absolute atomic E-state index is 13.5. The fourth-order valence-corrected chi connectivity index (χ4v) is 3.89. The summed E-state index contributed by atoms with van der Waals surface area (Å²) in [7, 11) is 1.49. The van der Waals surface area contributed by atoms with Gasteiger partial charge in [-0.2, -0.15) is 5.48 Å². The van der Waals surface area contributed by atoms with Gasteiger partial charge >= 0.3 is 5.97 Å². The molecule has 10 heteroatoms. The Bertz CT molecular complexity index is 1170. The van der Waals surface area contributed by atoms with Crippen LogP contribution in [0.5, 0.6) is 11.5 Å². The van der Waals surface area contributed by atoms with Gasteiger partial charge in [0, 0.05) is 0 Å². The first-order chi connectivity index (χ1) is 17.0. The third-order valence-electron chi connectivity index (χ3n) is 5.64. The maximum Gasteiger partial charge on any atom is 0.337 e. The van der Waals surface area contributed by atoms with Crippen molar-refractivity contribution < 1.29 is 33.5 Å². The summed E-state index contributed by atoms with van der Waals surface area (Å²) in [4.78, 5) is 57.2. The number of nitrogens with zero attached hydrogens (tertiary/aromatic N) is 1. The number of benzene rings is 2. The monoisotopic (exact) mass is 496 g/mol. The smallest absolute Gasteiger partial charge is 0.337 e. The van der Waals surface area contributed by atoms with E-state index in [1.54, 1.807) is 64.1 Å². The normalized spacial score (nSPS) is 15.6. The molecule has 3 N–H and O–H groups in total. The Morgan fingerprint density at radius 1 is 1.19 bits per heavy atom. The van der Waals surface area contributed by atoms with E-state index in [9.17, 15) is 19.2 Å². The van der Waals surface area contributed by atoms with E-state index in [4.69, 9.17) is 20.0 Å². The number of carbonyl (C=O) groups excluding carboxylic acids is 4. The quantitative estimate of drug-likeness (QED) is 0.536. The summed E-state index contributed by atoms with van der Waals surface area (Å²) in [6.07, 6.45) is -0.334. The van der Waals surface area contributed by atoms with Crippen molar-refractivity contribution in [1.82, 2.24) is 10.4 Å². The molecule has 0 spiro atoms. The molecule has 2 atom stereocenters. The fourth-order valence-electron chi connectivity index (χ4n) is 3.89. The maximum atomic E-state index is 13.5. The molecule has 3 amide bonds. The Hall–Kier alpha value is -4.08. The first-order valence-electron chi connectivity index (χ1n) is 11.4. The van der Waals surface area contributed by atoms with Crippen molar-refractivity contribution in [2.45, 2.75) is 46.2 Å². The number of hydrogen-bond donors (Lipinski definition) is 2. The van der Waals surface area contributed by atoms with Gasteiger partial charge in [0.25, 0.3) is 11.8 Å². The van der Waals surface area contributed by atoms with E-state index in [1.165, 1.54) is 12.0 Å². The second-order valence-electron chi connectivity index (χ2n) is 9.25. The van der Waals surface area contributed by atoms with E-state index in [1.807, 2.05) is 0 Å². The first kappa shape index (κ1) is 26.5. The van der Waals surface area contributed by atoms with Crippen LogP contribution in [-0.2, 0) is 19.2 Å². The van der Waals surface area contributed by atoms with E-state index in [-0.39, 0.29) is 12.0 Å². The average molecular weight is 497 g/mol. The highest BCUT2D eigenvalue weighted by Gasteiger charge is 2.45. The molecule has 2 unspecified atom stereocenters. The van der Waals surface area contributed by atoms with Gasteiger partial charge in [0.2, 0.25) is 5.91 Å². The Morgan fingerprint density at radius 3 is 2.53 bits per heavy atom. The lowest BCUT2D eigenvalue weighted by atomic mass is 9.98. The molecule has 3 rings (SSSR count). The van der Waals surface area contributed by atoms with Gasteiger partial charge in [0.05, 0.1) is 37.2 Å². The van der Waals surface area contributed by atoms with E-state index >= 15 is 0 Å². The summed E-state index contributed by atoms with van der Waals surface area (Å²) in [6.45, 7) is 7.09. The zero-order valence-corrected chi connectivity index (χ0v) is 20.9. The summed E-state index contributed by atoms with van der Waals surface area (Å²) >= 11 is 0. The molecule has 1 aliphatic heterocycles. The summed E-state index contributed by atoms with van der Waals surface area (Å²) < 4.78 is 11.0. The SMILES string of the molecule is CCOc1cc(C(CC(=O)NOC(=O)C(C)(C)C)N2C(=O)c3[c]cccc3C2C(N)=O)ccc1OC. The van der Waals surface area contributed by atoms with Gasteiger partial charge in [-0.1, -0.05) is 24.3 Å². The van der Waals surface area contributed by atoms with Crippen LogP contribution in [0.4, 0.5) is 0 Å². The number of ether oxygens (including phenoxy) is 2. The van der Waals surface area contributed by atoms with Crippen LogP contribution in [0.15, 0.2) is 36.4 Å². The second-order valence-corrected chi connectivity index (χ2v) is 9.25. The van der Waals surface area contributed by atoms with Crippen LogP contribution < -0.4 is 20.7 Å². The minimum absolute atomic E-state index is 0.199. The Labute approximate surface area is 209 Å². The second kappa shape index (κ2) is 10.7. The van der Waals surface area contributed by atoms with Crippen molar-refractivity contribution in [3.05, 3.63) is 59.2 Å². The van der Waals surface area contributed by atoms with E-state index in [2.05, 4.69) is 11.5 Å². The van der Waals surface area contributed by atoms with Crippen LogP contribution in [0.3, 0.4) is 0 Å². The number of fused-ring (bicyclic) bond motifs is 1. The summed E-state index contributed by atoms with van der Waals surface area (Å²) in [6, 6.07) is 10.6. The molecule has 1 radical (unpaired) electrons. The van der Waals surface area contributed by atoms with Crippen LogP contribution in [0.1, 0.15) is 67.7 Å². The molecule has 1 aliphatic rings. The number of hydroxylamine groups is 1. The zero-order chi connectivity index (χ0) is 26.6. The first-order valence-corrected chi connectivity index (χ1v) is 11.4. The number of carbonyl (C=O) groups is 4. The molecule has 0 fully saturated rings. The van der Waals surface area contributed by atoms with Gasteiger partial charge in [-0.15, -0.1) is 0 Å². The number of rotatable bonds is 8. The largest absolute Gasteiger partial charge is 0.493 e.